The lowest BCUT2D eigenvalue weighted by atomic mass is 9.95. The molecular formula is C27H36BrNOSi. The van der Waals surface area contributed by atoms with Gasteiger partial charge < -0.3 is 9.33 Å². The average Bonchev–Trinajstić information content (AvgIpc) is 2.74. The summed E-state index contributed by atoms with van der Waals surface area (Å²) in [5.74, 6) is 1.02. The van der Waals surface area contributed by atoms with Crippen LogP contribution in [0.25, 0.3) is 6.08 Å². The number of halogens is 1. The summed E-state index contributed by atoms with van der Waals surface area (Å²) in [7, 11) is -1.92. The molecular weight excluding hydrogens is 462 g/mol. The molecule has 1 aliphatic heterocycles. The Balaban J connectivity index is 1.93. The third-order valence-corrected chi connectivity index (χ3v) is 13.2. The molecule has 0 radical (unpaired) electrons. The minimum Gasteiger partial charge on any atom is -0.543 e. The van der Waals surface area contributed by atoms with Gasteiger partial charge in [0.2, 0.25) is 0 Å². The van der Waals surface area contributed by atoms with Crippen LogP contribution >= 0.6 is 15.9 Å². The van der Waals surface area contributed by atoms with Gasteiger partial charge in [0, 0.05) is 17.2 Å². The molecule has 2 aromatic carbocycles. The molecule has 0 N–H and O–H groups in total. The summed E-state index contributed by atoms with van der Waals surface area (Å²) < 4.78 is 8.09. The van der Waals surface area contributed by atoms with Crippen LogP contribution in [0.5, 0.6) is 5.75 Å². The van der Waals surface area contributed by atoms with E-state index in [1.165, 1.54) is 29.2 Å². The second kappa shape index (κ2) is 10.2. The molecule has 0 saturated heterocycles. The first-order valence-corrected chi connectivity index (χ1v) is 14.5. The summed E-state index contributed by atoms with van der Waals surface area (Å²) in [5, 5.41) is 0. The molecule has 1 atom stereocenters. The highest BCUT2D eigenvalue weighted by molar-refractivity contribution is 9.10. The first-order chi connectivity index (χ1) is 14.8. The van der Waals surface area contributed by atoms with E-state index in [1.54, 1.807) is 0 Å². The molecule has 3 rings (SSSR count). The van der Waals surface area contributed by atoms with Gasteiger partial charge in [0.15, 0.2) is 0 Å². The Kier molecular flexibility index (Phi) is 7.87. The van der Waals surface area contributed by atoms with Gasteiger partial charge in [-0.15, -0.1) is 6.58 Å². The molecule has 0 spiro atoms. The Hall–Kier alpha value is -1.78. The smallest absolute Gasteiger partial charge is 0.256 e. The van der Waals surface area contributed by atoms with E-state index in [4.69, 9.17) is 4.43 Å². The maximum absolute atomic E-state index is 6.95. The zero-order chi connectivity index (χ0) is 22.6. The van der Waals surface area contributed by atoms with E-state index in [0.717, 1.165) is 16.8 Å². The van der Waals surface area contributed by atoms with E-state index in [2.05, 4.69) is 117 Å². The fraction of sp³-hybridized carbons (Fsp3) is 0.407. The van der Waals surface area contributed by atoms with Gasteiger partial charge in [0.25, 0.3) is 8.32 Å². The molecule has 1 heterocycles. The monoisotopic (exact) mass is 497 g/mol. The molecule has 1 unspecified atom stereocenters. The summed E-state index contributed by atoms with van der Waals surface area (Å²) >= 11 is 3.69. The van der Waals surface area contributed by atoms with Gasteiger partial charge in [-0.25, -0.2) is 0 Å². The second-order valence-electron chi connectivity index (χ2n) is 9.17. The van der Waals surface area contributed by atoms with Crippen molar-refractivity contribution in [3.63, 3.8) is 0 Å². The molecule has 0 saturated carbocycles. The van der Waals surface area contributed by atoms with Gasteiger partial charge in [0.05, 0.1) is 6.04 Å². The Morgan fingerprint density at radius 3 is 2.45 bits per heavy atom. The van der Waals surface area contributed by atoms with Crippen molar-refractivity contribution in [2.45, 2.75) is 70.8 Å². The number of nitrogens with zero attached hydrogens (tertiary/aromatic N) is 1. The van der Waals surface area contributed by atoms with E-state index in [0.29, 0.717) is 11.1 Å². The van der Waals surface area contributed by atoms with E-state index in [-0.39, 0.29) is 6.04 Å². The lowest BCUT2D eigenvalue weighted by Crippen LogP contribution is -2.47. The summed E-state index contributed by atoms with van der Waals surface area (Å²) in [6.45, 7) is 16.6. The van der Waals surface area contributed by atoms with Gasteiger partial charge in [-0.1, -0.05) is 87.3 Å². The summed E-state index contributed by atoms with van der Waals surface area (Å²) in [4.78, 5) is 2.35. The molecule has 4 heteroatoms. The van der Waals surface area contributed by atoms with Gasteiger partial charge in [-0.05, 0) is 58.1 Å². The van der Waals surface area contributed by atoms with Crippen molar-refractivity contribution < 1.29 is 4.43 Å². The Bertz CT molecular complexity index is 929. The fourth-order valence-electron chi connectivity index (χ4n) is 4.85. The van der Waals surface area contributed by atoms with Crippen molar-refractivity contribution in [2.24, 2.45) is 0 Å². The van der Waals surface area contributed by atoms with Crippen LogP contribution in [0.3, 0.4) is 0 Å². The minimum atomic E-state index is -1.92. The zero-order valence-corrected chi connectivity index (χ0v) is 22.2. The normalized spacial score (nSPS) is 16.0. The standard InChI is InChI=1S/C27H36BrNOSi/c1-7-17-31(20(3)4,21(5)6)30-24-14-13-22-15-16-29(27(8-2)25(22)18-24)19-23-11-9-10-12-26(23)28/h8-16,18,20-21,27H,2,7,17,19H2,1,3-6H3. The lowest BCUT2D eigenvalue weighted by Gasteiger charge is -2.39. The molecule has 0 aromatic heterocycles. The fourth-order valence-corrected chi connectivity index (χ4v) is 9.67. The third-order valence-electron chi connectivity index (χ3n) is 6.62. The maximum Gasteiger partial charge on any atom is 0.256 e. The summed E-state index contributed by atoms with van der Waals surface area (Å²) in [5.41, 5.74) is 4.94. The van der Waals surface area contributed by atoms with Crippen LogP contribution in [0.1, 0.15) is 63.8 Å². The first kappa shape index (κ1) is 23.9. The van der Waals surface area contributed by atoms with Crippen LogP contribution in [-0.2, 0) is 6.54 Å². The van der Waals surface area contributed by atoms with Crippen LogP contribution in [0.4, 0.5) is 0 Å². The number of hydrogen-bond acceptors (Lipinski definition) is 2. The predicted octanol–water partition coefficient (Wildman–Crippen LogP) is 8.72. The maximum atomic E-state index is 6.95. The SMILES string of the molecule is C=CC1c2cc(O[Si](CCC)(C(C)C)C(C)C)ccc2C=CN1Cc1ccccc1Br. The minimum absolute atomic E-state index is 0.121. The molecule has 2 nitrogen and oxygen atoms in total. The average molecular weight is 499 g/mol. The number of fused-ring (bicyclic) bond motifs is 1. The molecule has 31 heavy (non-hydrogen) atoms. The lowest BCUT2D eigenvalue weighted by molar-refractivity contribution is 0.313. The Morgan fingerprint density at radius 1 is 1.13 bits per heavy atom. The number of hydrogen-bond donors (Lipinski definition) is 0. The molecule has 166 valence electrons. The van der Waals surface area contributed by atoms with Crippen molar-refractivity contribution in [1.82, 2.24) is 4.90 Å². The highest BCUT2D eigenvalue weighted by Crippen LogP contribution is 2.41. The third kappa shape index (κ3) is 5.01. The van der Waals surface area contributed by atoms with Crippen LogP contribution in [-0.4, -0.2) is 13.2 Å². The van der Waals surface area contributed by atoms with E-state index >= 15 is 0 Å². The van der Waals surface area contributed by atoms with E-state index in [1.807, 2.05) is 6.08 Å². The van der Waals surface area contributed by atoms with Crippen LogP contribution in [0, 0.1) is 0 Å². The predicted molar refractivity (Wildman–Crippen MR) is 140 cm³/mol. The van der Waals surface area contributed by atoms with Gasteiger partial charge >= 0.3 is 0 Å². The van der Waals surface area contributed by atoms with Gasteiger partial charge in [-0.2, -0.15) is 0 Å². The molecule has 0 aliphatic carbocycles. The summed E-state index contributed by atoms with van der Waals surface area (Å²) in [6.07, 6.45) is 7.61. The molecule has 0 bridgehead atoms. The van der Waals surface area contributed by atoms with Crippen LogP contribution in [0.2, 0.25) is 17.1 Å². The van der Waals surface area contributed by atoms with Crippen LogP contribution in [0.15, 0.2) is 65.8 Å². The Labute approximate surface area is 198 Å². The van der Waals surface area contributed by atoms with Crippen molar-refractivity contribution >= 4 is 30.3 Å². The number of rotatable bonds is 9. The quantitative estimate of drug-likeness (QED) is 0.253. The number of benzene rings is 2. The second-order valence-corrected chi connectivity index (χ2v) is 14.9. The Morgan fingerprint density at radius 2 is 1.84 bits per heavy atom. The van der Waals surface area contributed by atoms with Crippen molar-refractivity contribution in [3.8, 4) is 5.75 Å². The van der Waals surface area contributed by atoms with Gasteiger partial charge in [0.1, 0.15) is 5.75 Å². The van der Waals surface area contributed by atoms with Crippen molar-refractivity contribution in [3.05, 3.63) is 82.5 Å². The van der Waals surface area contributed by atoms with Crippen molar-refractivity contribution in [2.75, 3.05) is 0 Å². The van der Waals surface area contributed by atoms with Crippen molar-refractivity contribution in [1.29, 1.82) is 0 Å². The first-order valence-electron chi connectivity index (χ1n) is 11.4. The van der Waals surface area contributed by atoms with E-state index < -0.39 is 8.32 Å². The topological polar surface area (TPSA) is 12.5 Å². The summed E-state index contributed by atoms with van der Waals surface area (Å²) in [6, 6.07) is 16.4. The molecule has 0 fully saturated rings. The molecule has 1 aliphatic rings. The van der Waals surface area contributed by atoms with Gasteiger partial charge in [-0.3, -0.25) is 0 Å². The molecule has 2 aromatic rings. The largest absolute Gasteiger partial charge is 0.543 e. The van der Waals surface area contributed by atoms with E-state index in [9.17, 15) is 0 Å². The zero-order valence-electron chi connectivity index (χ0n) is 19.6. The molecule has 0 amide bonds. The van der Waals surface area contributed by atoms with Crippen LogP contribution < -0.4 is 4.43 Å². The highest BCUT2D eigenvalue weighted by atomic mass is 79.9. The highest BCUT2D eigenvalue weighted by Gasteiger charge is 2.43.